The van der Waals surface area contributed by atoms with Gasteiger partial charge in [0.2, 0.25) is 5.91 Å². The fourth-order valence-electron chi connectivity index (χ4n) is 2.10. The number of aromatic nitrogens is 2. The van der Waals surface area contributed by atoms with E-state index >= 15 is 0 Å². The normalized spacial score (nSPS) is 11.5. The Bertz CT molecular complexity index is 992. The first-order valence-corrected chi connectivity index (χ1v) is 10.6. The highest BCUT2D eigenvalue weighted by Crippen LogP contribution is 2.36. The molecule has 142 valence electrons. The first-order valence-electron chi connectivity index (χ1n) is 8.10. The summed E-state index contributed by atoms with van der Waals surface area (Å²) in [6.07, 6.45) is 0. The van der Waals surface area contributed by atoms with E-state index in [0.29, 0.717) is 15.2 Å². The summed E-state index contributed by atoms with van der Waals surface area (Å²) in [4.78, 5) is 22.2. The van der Waals surface area contributed by atoms with Crippen molar-refractivity contribution in [3.8, 4) is 10.6 Å². The molecule has 0 aliphatic heterocycles. The summed E-state index contributed by atoms with van der Waals surface area (Å²) in [5, 5.41) is 10.3. The van der Waals surface area contributed by atoms with Crippen LogP contribution in [0.4, 0.5) is 16.0 Å². The predicted molar refractivity (Wildman–Crippen MR) is 116 cm³/mol. The average molecular weight is 441 g/mol. The number of carbonyl (C=O) groups is 1. The van der Waals surface area contributed by atoms with Crippen LogP contribution in [0.2, 0.25) is 10.0 Å². The summed E-state index contributed by atoms with van der Waals surface area (Å²) in [6, 6.07) is 5.33. The predicted octanol–water partition coefficient (Wildman–Crippen LogP) is 6.61. The Kier molecular flexibility index (Phi) is 5.76. The molecule has 1 amide bonds. The van der Waals surface area contributed by atoms with Gasteiger partial charge in [-0.3, -0.25) is 4.79 Å². The average Bonchev–Trinajstić information content (AvgIpc) is 3.16. The summed E-state index contributed by atoms with van der Waals surface area (Å²) in [6.45, 7) is 7.51. The van der Waals surface area contributed by atoms with Gasteiger partial charge in [0, 0.05) is 16.5 Å². The van der Waals surface area contributed by atoms with Crippen LogP contribution in [0.25, 0.3) is 10.6 Å². The van der Waals surface area contributed by atoms with Crippen LogP contribution in [0, 0.1) is 12.3 Å². The Hall–Kier alpha value is -1.67. The van der Waals surface area contributed by atoms with E-state index in [0.717, 1.165) is 27.1 Å². The van der Waals surface area contributed by atoms with Gasteiger partial charge in [0.1, 0.15) is 0 Å². The minimum atomic E-state index is -0.475. The van der Waals surface area contributed by atoms with Crippen molar-refractivity contribution < 1.29 is 4.79 Å². The quantitative estimate of drug-likeness (QED) is 0.478. The van der Waals surface area contributed by atoms with Crippen molar-refractivity contribution in [1.29, 1.82) is 0 Å². The molecule has 3 aromatic rings. The molecule has 3 rings (SSSR count). The Morgan fingerprint density at radius 1 is 1.11 bits per heavy atom. The van der Waals surface area contributed by atoms with Gasteiger partial charge in [-0.15, -0.1) is 11.3 Å². The second kappa shape index (κ2) is 7.75. The zero-order valence-electron chi connectivity index (χ0n) is 15.2. The molecule has 2 aromatic heterocycles. The van der Waals surface area contributed by atoms with Crippen molar-refractivity contribution in [2.75, 3.05) is 10.6 Å². The summed E-state index contributed by atoms with van der Waals surface area (Å²) in [5.74, 6) is -0.0666. The van der Waals surface area contributed by atoms with Gasteiger partial charge in [0.25, 0.3) is 0 Å². The molecular formula is C18H18Cl2N4OS2. The Morgan fingerprint density at radius 3 is 2.52 bits per heavy atom. The number of hydrogen-bond acceptors (Lipinski definition) is 6. The van der Waals surface area contributed by atoms with Gasteiger partial charge in [-0.2, -0.15) is 0 Å². The van der Waals surface area contributed by atoms with E-state index in [-0.39, 0.29) is 5.91 Å². The van der Waals surface area contributed by atoms with Crippen molar-refractivity contribution >= 4 is 67.7 Å². The molecule has 0 saturated carbocycles. The summed E-state index contributed by atoms with van der Waals surface area (Å²) < 4.78 is 0. The fourth-order valence-corrected chi connectivity index (χ4v) is 4.12. The highest BCUT2D eigenvalue weighted by atomic mass is 35.5. The third kappa shape index (κ3) is 4.79. The maximum Gasteiger partial charge on any atom is 0.231 e. The second-order valence-corrected chi connectivity index (χ2v) is 9.60. The molecule has 1 aromatic carbocycles. The lowest BCUT2D eigenvalue weighted by molar-refractivity contribution is -0.123. The molecule has 27 heavy (non-hydrogen) atoms. The highest BCUT2D eigenvalue weighted by molar-refractivity contribution is 7.20. The number of anilines is 3. The molecule has 0 atom stereocenters. The lowest BCUT2D eigenvalue weighted by Gasteiger charge is -2.15. The number of halogens is 2. The van der Waals surface area contributed by atoms with E-state index in [1.807, 2.05) is 39.1 Å². The lowest BCUT2D eigenvalue weighted by Crippen LogP contribution is -2.27. The topological polar surface area (TPSA) is 66.9 Å². The Balaban J connectivity index is 1.78. The van der Waals surface area contributed by atoms with Crippen LogP contribution < -0.4 is 10.6 Å². The number of amides is 1. The van der Waals surface area contributed by atoms with E-state index in [1.54, 1.807) is 12.1 Å². The largest absolute Gasteiger partial charge is 0.331 e. The molecule has 0 fully saturated rings. The van der Waals surface area contributed by atoms with Crippen LogP contribution in [0.15, 0.2) is 23.6 Å². The maximum absolute atomic E-state index is 12.2. The van der Waals surface area contributed by atoms with Crippen LogP contribution in [-0.4, -0.2) is 15.9 Å². The first-order chi connectivity index (χ1) is 12.6. The van der Waals surface area contributed by atoms with Gasteiger partial charge in [0.05, 0.1) is 26.3 Å². The molecule has 0 unspecified atom stereocenters. The second-order valence-electron chi connectivity index (χ2n) is 6.93. The van der Waals surface area contributed by atoms with Crippen molar-refractivity contribution in [3.63, 3.8) is 0 Å². The number of hydrogen-bond donors (Lipinski definition) is 2. The standard InChI is InChI=1S/C18H18Cl2N4OS2/c1-9-14(27-17(21-9)24-15(25)18(2,3)4)13-8-26-16(23-13)22-10-5-6-11(19)12(20)7-10/h5-8H,1-4H3,(H,22,23)(H,21,24,25). The highest BCUT2D eigenvalue weighted by Gasteiger charge is 2.23. The van der Waals surface area contributed by atoms with Crippen LogP contribution in [0.3, 0.4) is 0 Å². The van der Waals surface area contributed by atoms with Crippen molar-refractivity contribution in [2.45, 2.75) is 27.7 Å². The number of rotatable bonds is 4. The summed E-state index contributed by atoms with van der Waals surface area (Å²) in [5.41, 5.74) is 1.98. The van der Waals surface area contributed by atoms with Gasteiger partial charge < -0.3 is 10.6 Å². The molecule has 0 bridgehead atoms. The minimum Gasteiger partial charge on any atom is -0.331 e. The number of nitrogens with zero attached hydrogens (tertiary/aromatic N) is 2. The number of thiazole rings is 2. The summed E-state index contributed by atoms with van der Waals surface area (Å²) >= 11 is 14.9. The van der Waals surface area contributed by atoms with Crippen molar-refractivity contribution in [3.05, 3.63) is 39.3 Å². The first kappa shape index (κ1) is 20.1. The van der Waals surface area contributed by atoms with E-state index in [1.165, 1.54) is 22.7 Å². The summed E-state index contributed by atoms with van der Waals surface area (Å²) in [7, 11) is 0. The molecule has 2 N–H and O–H groups in total. The third-order valence-electron chi connectivity index (χ3n) is 3.61. The van der Waals surface area contributed by atoms with Crippen LogP contribution in [-0.2, 0) is 4.79 Å². The van der Waals surface area contributed by atoms with E-state index < -0.39 is 5.41 Å². The van der Waals surface area contributed by atoms with Gasteiger partial charge in [-0.25, -0.2) is 9.97 Å². The molecule has 0 radical (unpaired) electrons. The minimum absolute atomic E-state index is 0.0666. The monoisotopic (exact) mass is 440 g/mol. The zero-order valence-corrected chi connectivity index (χ0v) is 18.3. The van der Waals surface area contributed by atoms with E-state index in [2.05, 4.69) is 20.6 Å². The number of carbonyl (C=O) groups excluding carboxylic acids is 1. The number of benzene rings is 1. The smallest absolute Gasteiger partial charge is 0.231 e. The van der Waals surface area contributed by atoms with Gasteiger partial charge in [0.15, 0.2) is 10.3 Å². The molecule has 9 heteroatoms. The SMILES string of the molecule is Cc1nc(NC(=O)C(C)(C)C)sc1-c1csc(Nc2ccc(Cl)c(Cl)c2)n1. The molecule has 2 heterocycles. The molecular weight excluding hydrogens is 423 g/mol. The van der Waals surface area contributed by atoms with E-state index in [9.17, 15) is 4.79 Å². The van der Waals surface area contributed by atoms with Gasteiger partial charge in [-0.1, -0.05) is 55.3 Å². The number of aryl methyl sites for hydroxylation is 1. The van der Waals surface area contributed by atoms with Crippen LogP contribution in [0.5, 0.6) is 0 Å². The van der Waals surface area contributed by atoms with Crippen LogP contribution in [0.1, 0.15) is 26.5 Å². The van der Waals surface area contributed by atoms with Crippen LogP contribution >= 0.6 is 45.9 Å². The zero-order chi connectivity index (χ0) is 19.8. The van der Waals surface area contributed by atoms with E-state index in [4.69, 9.17) is 23.2 Å². The third-order valence-corrected chi connectivity index (χ3v) is 6.20. The fraction of sp³-hybridized carbons (Fsp3) is 0.278. The molecule has 5 nitrogen and oxygen atoms in total. The molecule has 0 aliphatic carbocycles. The lowest BCUT2D eigenvalue weighted by atomic mass is 9.96. The Morgan fingerprint density at radius 2 is 1.85 bits per heavy atom. The molecule has 0 spiro atoms. The van der Waals surface area contributed by atoms with Crippen molar-refractivity contribution in [2.24, 2.45) is 5.41 Å². The molecule has 0 aliphatic rings. The van der Waals surface area contributed by atoms with Gasteiger partial charge in [-0.05, 0) is 25.1 Å². The number of nitrogens with one attached hydrogen (secondary N) is 2. The van der Waals surface area contributed by atoms with Gasteiger partial charge >= 0.3 is 0 Å². The maximum atomic E-state index is 12.2. The molecule has 0 saturated heterocycles. The Labute approximate surface area is 175 Å². The van der Waals surface area contributed by atoms with Crippen molar-refractivity contribution in [1.82, 2.24) is 9.97 Å².